The summed E-state index contributed by atoms with van der Waals surface area (Å²) in [6.07, 6.45) is 2.57. The minimum absolute atomic E-state index is 0.315. The summed E-state index contributed by atoms with van der Waals surface area (Å²) >= 11 is 0. The summed E-state index contributed by atoms with van der Waals surface area (Å²) in [6.45, 7) is 4.05. The fourth-order valence-electron chi connectivity index (χ4n) is 1.98. The molecule has 3 nitrogen and oxygen atoms in total. The first-order valence-electron chi connectivity index (χ1n) is 5.12. The number of hydrogen-bond donors (Lipinski definition) is 2. The molecule has 0 saturated heterocycles. The maximum atomic E-state index is 5.58. The zero-order chi connectivity index (χ0) is 10.1. The highest BCUT2D eigenvalue weighted by molar-refractivity contribution is 5.25. The summed E-state index contributed by atoms with van der Waals surface area (Å²) in [5.74, 6) is 6.30. The van der Waals surface area contributed by atoms with Gasteiger partial charge in [-0.1, -0.05) is 0 Å². The summed E-state index contributed by atoms with van der Waals surface area (Å²) in [5, 5.41) is 0. The average molecular weight is 191 g/mol. The Morgan fingerprint density at radius 3 is 2.36 bits per heavy atom. The second-order valence-corrected chi connectivity index (χ2v) is 4.17. The Labute approximate surface area is 84.7 Å². The van der Waals surface area contributed by atoms with Crippen LogP contribution in [0, 0.1) is 19.8 Å². The third-order valence-corrected chi connectivity index (χ3v) is 2.74. The van der Waals surface area contributed by atoms with Crippen molar-refractivity contribution in [2.75, 3.05) is 0 Å². The molecule has 2 rings (SSSR count). The summed E-state index contributed by atoms with van der Waals surface area (Å²) in [6, 6.07) is 4.56. The van der Waals surface area contributed by atoms with E-state index in [2.05, 4.69) is 22.5 Å². The van der Waals surface area contributed by atoms with Crippen molar-refractivity contribution in [1.82, 2.24) is 10.4 Å². The highest BCUT2D eigenvalue weighted by Crippen LogP contribution is 2.40. The number of nitrogens with one attached hydrogen (secondary N) is 1. The summed E-state index contributed by atoms with van der Waals surface area (Å²) in [7, 11) is 0. The van der Waals surface area contributed by atoms with Gasteiger partial charge in [-0.15, -0.1) is 0 Å². The van der Waals surface area contributed by atoms with E-state index in [-0.39, 0.29) is 0 Å². The molecule has 14 heavy (non-hydrogen) atoms. The van der Waals surface area contributed by atoms with Crippen molar-refractivity contribution in [3.05, 3.63) is 29.1 Å². The second-order valence-electron chi connectivity index (χ2n) is 4.17. The Morgan fingerprint density at radius 1 is 1.36 bits per heavy atom. The predicted octanol–water partition coefficient (Wildman–Crippen LogP) is 1.61. The van der Waals surface area contributed by atoms with Gasteiger partial charge < -0.3 is 0 Å². The van der Waals surface area contributed by atoms with Gasteiger partial charge in [0.05, 0.1) is 0 Å². The van der Waals surface area contributed by atoms with E-state index < -0.39 is 0 Å². The number of nitrogens with zero attached hydrogens (tertiary/aromatic N) is 1. The van der Waals surface area contributed by atoms with Crippen LogP contribution in [0.1, 0.15) is 35.8 Å². The Morgan fingerprint density at radius 2 is 1.93 bits per heavy atom. The zero-order valence-electron chi connectivity index (χ0n) is 8.75. The first-order chi connectivity index (χ1) is 6.70. The quantitative estimate of drug-likeness (QED) is 0.563. The fraction of sp³-hybridized carbons (Fsp3) is 0.545. The topological polar surface area (TPSA) is 50.9 Å². The van der Waals surface area contributed by atoms with Gasteiger partial charge in [0.15, 0.2) is 0 Å². The van der Waals surface area contributed by atoms with Gasteiger partial charge in [0.25, 0.3) is 0 Å². The molecule has 3 N–H and O–H groups in total. The molecule has 0 amide bonds. The van der Waals surface area contributed by atoms with E-state index in [4.69, 9.17) is 5.84 Å². The molecule has 0 aliphatic heterocycles. The molecule has 0 bridgehead atoms. The second kappa shape index (κ2) is 3.67. The lowest BCUT2D eigenvalue weighted by Gasteiger charge is -2.16. The van der Waals surface area contributed by atoms with Crippen LogP contribution in [0.5, 0.6) is 0 Å². The Balaban J connectivity index is 2.28. The van der Waals surface area contributed by atoms with Crippen LogP contribution >= 0.6 is 0 Å². The van der Waals surface area contributed by atoms with Gasteiger partial charge in [-0.2, -0.15) is 0 Å². The van der Waals surface area contributed by atoms with Gasteiger partial charge in [0.2, 0.25) is 0 Å². The molecule has 76 valence electrons. The van der Waals surface area contributed by atoms with E-state index in [9.17, 15) is 0 Å². The van der Waals surface area contributed by atoms with Crippen LogP contribution in [-0.2, 0) is 0 Å². The molecule has 1 atom stereocenters. The molecule has 1 aromatic heterocycles. The van der Waals surface area contributed by atoms with Crippen LogP contribution in [0.3, 0.4) is 0 Å². The molecule has 1 saturated carbocycles. The minimum Gasteiger partial charge on any atom is -0.271 e. The van der Waals surface area contributed by atoms with Crippen LogP contribution in [0.15, 0.2) is 12.1 Å². The van der Waals surface area contributed by atoms with Gasteiger partial charge >= 0.3 is 0 Å². The third-order valence-electron chi connectivity index (χ3n) is 2.74. The molecule has 1 aliphatic rings. The van der Waals surface area contributed by atoms with Crippen LogP contribution < -0.4 is 11.3 Å². The highest BCUT2D eigenvalue weighted by Gasteiger charge is 2.31. The van der Waals surface area contributed by atoms with Crippen molar-refractivity contribution in [1.29, 1.82) is 0 Å². The molecular formula is C11H17N3. The van der Waals surface area contributed by atoms with Crippen molar-refractivity contribution in [2.24, 2.45) is 11.8 Å². The predicted molar refractivity (Wildman–Crippen MR) is 56.5 cm³/mol. The Bertz CT molecular complexity index is 311. The zero-order valence-corrected chi connectivity index (χ0v) is 8.75. The molecule has 0 aromatic carbocycles. The summed E-state index contributed by atoms with van der Waals surface area (Å²) in [5.41, 5.74) is 6.33. The molecule has 1 aromatic rings. The van der Waals surface area contributed by atoms with Crippen molar-refractivity contribution in [3.63, 3.8) is 0 Å². The van der Waals surface area contributed by atoms with Gasteiger partial charge in [-0.25, -0.2) is 0 Å². The van der Waals surface area contributed by atoms with Gasteiger partial charge in [-0.05, 0) is 50.3 Å². The third kappa shape index (κ3) is 1.94. The normalized spacial score (nSPS) is 18.2. The molecule has 0 radical (unpaired) electrons. The van der Waals surface area contributed by atoms with Crippen LogP contribution in [0.2, 0.25) is 0 Å². The van der Waals surface area contributed by atoms with E-state index in [0.29, 0.717) is 6.04 Å². The van der Waals surface area contributed by atoms with Gasteiger partial charge in [0, 0.05) is 17.4 Å². The van der Waals surface area contributed by atoms with E-state index >= 15 is 0 Å². The Kier molecular flexibility index (Phi) is 2.52. The van der Waals surface area contributed by atoms with Gasteiger partial charge in [-0.3, -0.25) is 16.3 Å². The lowest BCUT2D eigenvalue weighted by molar-refractivity contribution is 0.495. The van der Waals surface area contributed by atoms with E-state index in [0.717, 1.165) is 17.3 Å². The van der Waals surface area contributed by atoms with Gasteiger partial charge in [0.1, 0.15) is 0 Å². The summed E-state index contributed by atoms with van der Waals surface area (Å²) < 4.78 is 0. The van der Waals surface area contributed by atoms with Crippen LogP contribution in [0.25, 0.3) is 0 Å². The number of aryl methyl sites for hydroxylation is 2. The van der Waals surface area contributed by atoms with Crippen molar-refractivity contribution in [2.45, 2.75) is 32.7 Å². The van der Waals surface area contributed by atoms with Crippen LogP contribution in [0.4, 0.5) is 0 Å². The van der Waals surface area contributed by atoms with Crippen LogP contribution in [-0.4, -0.2) is 4.98 Å². The van der Waals surface area contributed by atoms with E-state index in [1.54, 1.807) is 0 Å². The largest absolute Gasteiger partial charge is 0.271 e. The molecular weight excluding hydrogens is 174 g/mol. The van der Waals surface area contributed by atoms with E-state index in [1.165, 1.54) is 18.4 Å². The summed E-state index contributed by atoms with van der Waals surface area (Å²) in [4.78, 5) is 4.36. The Hall–Kier alpha value is -0.930. The number of hydrogen-bond acceptors (Lipinski definition) is 3. The number of hydrazine groups is 1. The van der Waals surface area contributed by atoms with Crippen molar-refractivity contribution < 1.29 is 0 Å². The smallest absolute Gasteiger partial charge is 0.0489 e. The number of pyridine rings is 1. The standard InChI is InChI=1S/C11H17N3/c1-7-5-10(6-8(2)13-7)11(14-12)9-3-4-9/h5-6,9,11,14H,3-4,12H2,1-2H3. The van der Waals surface area contributed by atoms with Crippen molar-refractivity contribution >= 4 is 0 Å². The monoisotopic (exact) mass is 191 g/mol. The fourth-order valence-corrected chi connectivity index (χ4v) is 1.98. The first kappa shape index (κ1) is 9.62. The lowest BCUT2D eigenvalue weighted by atomic mass is 10.0. The number of nitrogens with two attached hydrogens (primary N) is 1. The molecule has 1 fully saturated rings. The lowest BCUT2D eigenvalue weighted by Crippen LogP contribution is -2.29. The molecule has 1 heterocycles. The SMILES string of the molecule is Cc1cc(C(NN)C2CC2)cc(C)n1. The first-order valence-corrected chi connectivity index (χ1v) is 5.12. The molecule has 3 heteroatoms. The van der Waals surface area contributed by atoms with E-state index in [1.807, 2.05) is 13.8 Å². The highest BCUT2D eigenvalue weighted by atomic mass is 15.2. The number of rotatable bonds is 3. The van der Waals surface area contributed by atoms with Crippen molar-refractivity contribution in [3.8, 4) is 0 Å². The minimum atomic E-state index is 0.315. The average Bonchev–Trinajstić information content (AvgIpc) is 2.87. The maximum absolute atomic E-state index is 5.58. The molecule has 1 unspecified atom stereocenters. The molecule has 1 aliphatic carbocycles. The number of aromatic nitrogens is 1. The molecule has 0 spiro atoms. The maximum Gasteiger partial charge on any atom is 0.0489 e.